The van der Waals surface area contributed by atoms with Gasteiger partial charge >= 0.3 is 0 Å². The van der Waals surface area contributed by atoms with Crippen LogP contribution in [0.25, 0.3) is 0 Å². The summed E-state index contributed by atoms with van der Waals surface area (Å²) in [5.74, 6) is 0.489. The number of nitrogens with one attached hydrogen (secondary N) is 1. The van der Waals surface area contributed by atoms with Crippen molar-refractivity contribution in [1.29, 1.82) is 0 Å². The summed E-state index contributed by atoms with van der Waals surface area (Å²) >= 11 is 0. The van der Waals surface area contributed by atoms with Crippen LogP contribution in [-0.4, -0.2) is 47.4 Å². The number of morpholine rings is 1. The van der Waals surface area contributed by atoms with E-state index >= 15 is 0 Å². The molecule has 0 bridgehead atoms. The summed E-state index contributed by atoms with van der Waals surface area (Å²) in [5, 5.41) is 0. The Balaban J connectivity index is 1.73. The minimum Gasteiger partial charge on any atom is -0.379 e. The molecule has 0 unspecified atom stereocenters. The number of anilines is 1. The fraction of sp³-hybridized carbons (Fsp3) is 0.400. The molecule has 1 heterocycles. The lowest BCUT2D eigenvalue weighted by Crippen LogP contribution is -2.40. The third-order valence-corrected chi connectivity index (χ3v) is 7.90. The SMILES string of the molecule is CC(C)Cc1ccc(S(=O)(=O)Nc2ccc(S(=O)(=O)N3CCOCC3)cc2)cc1. The van der Waals surface area contributed by atoms with E-state index in [0.717, 1.165) is 12.0 Å². The maximum atomic E-state index is 12.6. The van der Waals surface area contributed by atoms with E-state index in [1.165, 1.54) is 28.6 Å². The van der Waals surface area contributed by atoms with Gasteiger partial charge in [0, 0.05) is 18.8 Å². The molecule has 3 rings (SSSR count). The van der Waals surface area contributed by atoms with Gasteiger partial charge in [-0.3, -0.25) is 4.72 Å². The van der Waals surface area contributed by atoms with Crippen LogP contribution in [-0.2, 0) is 31.2 Å². The van der Waals surface area contributed by atoms with Crippen LogP contribution >= 0.6 is 0 Å². The molecule has 2 aromatic rings. The summed E-state index contributed by atoms with van der Waals surface area (Å²) in [4.78, 5) is 0.287. The van der Waals surface area contributed by atoms with Gasteiger partial charge in [0.15, 0.2) is 0 Å². The number of hydrogen-bond acceptors (Lipinski definition) is 5. The first-order valence-corrected chi connectivity index (χ1v) is 12.4. The fourth-order valence-electron chi connectivity index (χ4n) is 3.12. The first-order valence-electron chi connectivity index (χ1n) is 9.48. The van der Waals surface area contributed by atoms with E-state index in [0.29, 0.717) is 37.9 Å². The highest BCUT2D eigenvalue weighted by molar-refractivity contribution is 7.92. The van der Waals surface area contributed by atoms with Crippen molar-refractivity contribution < 1.29 is 21.6 Å². The van der Waals surface area contributed by atoms with Crippen LogP contribution in [0.5, 0.6) is 0 Å². The lowest BCUT2D eigenvalue weighted by atomic mass is 10.0. The van der Waals surface area contributed by atoms with E-state index in [1.807, 2.05) is 12.1 Å². The highest BCUT2D eigenvalue weighted by atomic mass is 32.2. The lowest BCUT2D eigenvalue weighted by Gasteiger charge is -2.26. The van der Waals surface area contributed by atoms with Gasteiger partial charge in [-0.25, -0.2) is 16.8 Å². The van der Waals surface area contributed by atoms with Crippen molar-refractivity contribution in [2.45, 2.75) is 30.1 Å². The van der Waals surface area contributed by atoms with E-state index in [9.17, 15) is 16.8 Å². The first-order chi connectivity index (χ1) is 13.7. The molecule has 1 fully saturated rings. The van der Waals surface area contributed by atoms with Crippen molar-refractivity contribution in [3.8, 4) is 0 Å². The topological polar surface area (TPSA) is 92.8 Å². The quantitative estimate of drug-likeness (QED) is 0.718. The van der Waals surface area contributed by atoms with E-state index in [2.05, 4.69) is 18.6 Å². The average molecular weight is 439 g/mol. The van der Waals surface area contributed by atoms with Crippen molar-refractivity contribution in [2.24, 2.45) is 5.92 Å². The van der Waals surface area contributed by atoms with Gasteiger partial charge in [-0.1, -0.05) is 26.0 Å². The third-order valence-electron chi connectivity index (χ3n) is 4.59. The van der Waals surface area contributed by atoms with Crippen LogP contribution in [0.4, 0.5) is 5.69 Å². The molecule has 2 aromatic carbocycles. The molecule has 0 aliphatic carbocycles. The van der Waals surface area contributed by atoms with Gasteiger partial charge in [0.05, 0.1) is 23.0 Å². The Morgan fingerprint density at radius 3 is 2.00 bits per heavy atom. The lowest BCUT2D eigenvalue weighted by molar-refractivity contribution is 0.0730. The maximum Gasteiger partial charge on any atom is 0.261 e. The van der Waals surface area contributed by atoms with Gasteiger partial charge in [0.2, 0.25) is 10.0 Å². The Bertz CT molecular complexity index is 1030. The summed E-state index contributed by atoms with van der Waals surface area (Å²) in [6.07, 6.45) is 0.882. The van der Waals surface area contributed by atoms with Gasteiger partial charge in [-0.15, -0.1) is 0 Å². The second-order valence-corrected chi connectivity index (χ2v) is 11.0. The molecular weight excluding hydrogens is 412 g/mol. The van der Waals surface area contributed by atoms with Crippen LogP contribution in [0.1, 0.15) is 19.4 Å². The normalized spacial score (nSPS) is 16.1. The van der Waals surface area contributed by atoms with Crippen LogP contribution in [0.15, 0.2) is 58.3 Å². The molecule has 9 heteroatoms. The number of rotatable bonds is 7. The number of benzene rings is 2. The van der Waals surface area contributed by atoms with Crippen LogP contribution in [0.3, 0.4) is 0 Å². The maximum absolute atomic E-state index is 12.6. The Morgan fingerprint density at radius 2 is 1.45 bits per heavy atom. The summed E-state index contributed by atoms with van der Waals surface area (Å²) < 4.78 is 59.6. The van der Waals surface area contributed by atoms with Crippen molar-refractivity contribution in [3.63, 3.8) is 0 Å². The van der Waals surface area contributed by atoms with Crippen molar-refractivity contribution >= 4 is 25.7 Å². The second kappa shape index (κ2) is 8.83. The number of sulfonamides is 2. The third kappa shape index (κ3) is 5.36. The minimum atomic E-state index is -3.75. The largest absolute Gasteiger partial charge is 0.379 e. The Labute approximate surface area is 172 Å². The molecule has 7 nitrogen and oxygen atoms in total. The van der Waals surface area contributed by atoms with Crippen LogP contribution in [0.2, 0.25) is 0 Å². The number of nitrogens with zero attached hydrogens (tertiary/aromatic N) is 1. The van der Waals surface area contributed by atoms with E-state index in [4.69, 9.17) is 4.74 Å². The van der Waals surface area contributed by atoms with Crippen molar-refractivity contribution in [3.05, 3.63) is 54.1 Å². The van der Waals surface area contributed by atoms with Gasteiger partial charge in [-0.05, 0) is 54.3 Å². The summed E-state index contributed by atoms with van der Waals surface area (Å²) in [6.45, 7) is 5.57. The molecule has 0 aromatic heterocycles. The molecule has 1 saturated heterocycles. The van der Waals surface area contributed by atoms with Crippen molar-refractivity contribution in [2.75, 3.05) is 31.0 Å². The molecule has 1 N–H and O–H groups in total. The molecule has 158 valence electrons. The summed E-state index contributed by atoms with van der Waals surface area (Å²) in [5.41, 5.74) is 1.38. The fourth-order valence-corrected chi connectivity index (χ4v) is 5.59. The van der Waals surface area contributed by atoms with E-state index < -0.39 is 20.0 Å². The summed E-state index contributed by atoms with van der Waals surface area (Å²) in [7, 11) is -7.37. The highest BCUT2D eigenvalue weighted by Gasteiger charge is 2.26. The van der Waals surface area contributed by atoms with E-state index in [1.54, 1.807) is 12.1 Å². The van der Waals surface area contributed by atoms with Crippen LogP contribution < -0.4 is 4.72 Å². The van der Waals surface area contributed by atoms with Crippen molar-refractivity contribution in [1.82, 2.24) is 4.31 Å². The Morgan fingerprint density at radius 1 is 0.897 bits per heavy atom. The van der Waals surface area contributed by atoms with Crippen LogP contribution in [0, 0.1) is 5.92 Å². The molecule has 1 aliphatic rings. The zero-order valence-electron chi connectivity index (χ0n) is 16.5. The average Bonchev–Trinajstić information content (AvgIpc) is 2.69. The van der Waals surface area contributed by atoms with Gasteiger partial charge in [0.25, 0.3) is 10.0 Å². The molecule has 0 saturated carbocycles. The monoisotopic (exact) mass is 438 g/mol. The molecule has 0 atom stereocenters. The molecule has 1 aliphatic heterocycles. The smallest absolute Gasteiger partial charge is 0.261 e. The number of hydrogen-bond donors (Lipinski definition) is 1. The number of ether oxygens (including phenoxy) is 1. The Kier molecular flexibility index (Phi) is 6.62. The highest BCUT2D eigenvalue weighted by Crippen LogP contribution is 2.22. The molecule has 0 radical (unpaired) electrons. The predicted molar refractivity (Wildman–Crippen MR) is 112 cm³/mol. The molecular formula is C20H26N2O5S2. The molecule has 0 amide bonds. The second-order valence-electron chi connectivity index (χ2n) is 7.39. The summed E-state index contributed by atoms with van der Waals surface area (Å²) in [6, 6.07) is 12.5. The molecule has 0 spiro atoms. The first kappa shape index (κ1) is 21.8. The minimum absolute atomic E-state index is 0.125. The van der Waals surface area contributed by atoms with Gasteiger partial charge in [-0.2, -0.15) is 4.31 Å². The van der Waals surface area contributed by atoms with E-state index in [-0.39, 0.29) is 9.79 Å². The molecule has 29 heavy (non-hydrogen) atoms. The zero-order valence-corrected chi connectivity index (χ0v) is 18.2. The Hall–Kier alpha value is -1.94. The van der Waals surface area contributed by atoms with Gasteiger partial charge < -0.3 is 4.74 Å². The van der Waals surface area contributed by atoms with Gasteiger partial charge in [0.1, 0.15) is 0 Å². The predicted octanol–water partition coefficient (Wildman–Crippen LogP) is 2.71. The zero-order chi connectivity index (χ0) is 21.1. The standard InChI is InChI=1S/C20H26N2O5S2/c1-16(2)15-17-3-7-19(8-4-17)28(23,24)21-18-5-9-20(10-6-18)29(25,26)22-11-13-27-14-12-22/h3-10,16,21H,11-15H2,1-2H3.